The second-order valence-electron chi connectivity index (χ2n) is 5.69. The molecule has 2 unspecified atom stereocenters. The summed E-state index contributed by atoms with van der Waals surface area (Å²) in [6, 6.07) is 0. The van der Waals surface area contributed by atoms with Crippen LogP contribution in [0.2, 0.25) is 0 Å². The van der Waals surface area contributed by atoms with Gasteiger partial charge in [0.25, 0.3) is 0 Å². The van der Waals surface area contributed by atoms with Crippen LogP contribution in [0.15, 0.2) is 0 Å². The first-order chi connectivity index (χ1) is 5.93. The van der Waals surface area contributed by atoms with Gasteiger partial charge in [-0.1, -0.05) is 40.5 Å². The Labute approximate surface area is 82.5 Å². The van der Waals surface area contributed by atoms with Crippen LogP contribution >= 0.6 is 0 Å². The molecule has 0 spiro atoms. The lowest BCUT2D eigenvalue weighted by atomic mass is 9.75. The van der Waals surface area contributed by atoms with Gasteiger partial charge in [-0.05, 0) is 30.1 Å². The average molecular weight is 184 g/mol. The summed E-state index contributed by atoms with van der Waals surface area (Å²) in [4.78, 5) is 0. The average Bonchev–Trinajstić information content (AvgIpc) is 2.51. The molecule has 1 fully saturated rings. The van der Waals surface area contributed by atoms with Gasteiger partial charge in [0.05, 0.1) is 6.10 Å². The van der Waals surface area contributed by atoms with Crippen LogP contribution in [0.4, 0.5) is 0 Å². The molecule has 78 valence electrons. The summed E-state index contributed by atoms with van der Waals surface area (Å²) in [5.74, 6) is 0.991. The first kappa shape index (κ1) is 11.0. The van der Waals surface area contributed by atoms with Crippen molar-refractivity contribution in [2.45, 2.75) is 59.5 Å². The molecule has 1 saturated carbocycles. The van der Waals surface area contributed by atoms with E-state index in [-0.39, 0.29) is 11.5 Å². The molecule has 13 heavy (non-hydrogen) atoms. The van der Waals surface area contributed by atoms with Gasteiger partial charge in [0, 0.05) is 0 Å². The molecule has 0 saturated heterocycles. The van der Waals surface area contributed by atoms with Crippen molar-refractivity contribution in [3.05, 3.63) is 0 Å². The first-order valence-corrected chi connectivity index (χ1v) is 5.61. The molecular weight excluding hydrogens is 160 g/mol. The minimum Gasteiger partial charge on any atom is -0.393 e. The quantitative estimate of drug-likeness (QED) is 0.698. The number of hydrogen-bond acceptors (Lipinski definition) is 1. The molecule has 2 atom stereocenters. The van der Waals surface area contributed by atoms with Crippen LogP contribution in [-0.2, 0) is 0 Å². The summed E-state index contributed by atoms with van der Waals surface area (Å²) < 4.78 is 0. The van der Waals surface area contributed by atoms with E-state index in [1.54, 1.807) is 0 Å². The van der Waals surface area contributed by atoms with Crippen molar-refractivity contribution >= 4 is 0 Å². The maximum atomic E-state index is 10.2. The highest BCUT2D eigenvalue weighted by Gasteiger charge is 2.33. The normalized spacial score (nSPS) is 24.7. The Morgan fingerprint density at radius 2 is 1.62 bits per heavy atom. The van der Waals surface area contributed by atoms with E-state index in [1.807, 2.05) is 0 Å². The minimum absolute atomic E-state index is 0.0810. The summed E-state index contributed by atoms with van der Waals surface area (Å²) >= 11 is 0. The number of hydrogen-bond donors (Lipinski definition) is 1. The van der Waals surface area contributed by atoms with Crippen LogP contribution in [0.3, 0.4) is 0 Å². The van der Waals surface area contributed by atoms with E-state index in [0.717, 1.165) is 0 Å². The van der Waals surface area contributed by atoms with Crippen molar-refractivity contribution in [3.8, 4) is 0 Å². The van der Waals surface area contributed by atoms with Crippen molar-refractivity contribution in [3.63, 3.8) is 0 Å². The van der Waals surface area contributed by atoms with Gasteiger partial charge in [-0.15, -0.1) is 0 Å². The highest BCUT2D eigenvalue weighted by molar-refractivity contribution is 4.83. The third kappa shape index (κ3) is 2.70. The molecule has 0 amide bonds. The third-order valence-electron chi connectivity index (χ3n) is 3.76. The summed E-state index contributed by atoms with van der Waals surface area (Å²) in [7, 11) is 0. The third-order valence-corrected chi connectivity index (χ3v) is 3.76. The number of aliphatic hydroxyl groups is 1. The van der Waals surface area contributed by atoms with Crippen LogP contribution in [-0.4, -0.2) is 11.2 Å². The molecule has 1 aliphatic carbocycles. The van der Waals surface area contributed by atoms with Crippen molar-refractivity contribution in [1.29, 1.82) is 0 Å². The van der Waals surface area contributed by atoms with Crippen molar-refractivity contribution < 1.29 is 5.11 Å². The van der Waals surface area contributed by atoms with Gasteiger partial charge in [0.15, 0.2) is 0 Å². The van der Waals surface area contributed by atoms with Crippen molar-refractivity contribution in [2.75, 3.05) is 0 Å². The topological polar surface area (TPSA) is 20.2 Å². The molecule has 0 heterocycles. The van der Waals surface area contributed by atoms with E-state index in [4.69, 9.17) is 0 Å². The molecule has 0 radical (unpaired) electrons. The molecular formula is C12H24O. The summed E-state index contributed by atoms with van der Waals surface area (Å²) in [5.41, 5.74) is 0.238. The van der Waals surface area contributed by atoms with E-state index >= 15 is 0 Å². The van der Waals surface area contributed by atoms with E-state index in [1.165, 1.54) is 25.7 Å². The van der Waals surface area contributed by atoms with Crippen LogP contribution in [0, 0.1) is 17.3 Å². The van der Waals surface area contributed by atoms with E-state index in [2.05, 4.69) is 27.7 Å². The Morgan fingerprint density at radius 3 is 2.00 bits per heavy atom. The SMILES string of the molecule is CC(C(O)C1CCCC1)C(C)(C)C. The Balaban J connectivity index is 2.50. The Kier molecular flexibility index (Phi) is 3.39. The fraction of sp³-hybridized carbons (Fsp3) is 1.00. The van der Waals surface area contributed by atoms with Gasteiger partial charge in [0.2, 0.25) is 0 Å². The Hall–Kier alpha value is -0.0400. The van der Waals surface area contributed by atoms with Gasteiger partial charge in [-0.25, -0.2) is 0 Å². The summed E-state index contributed by atoms with van der Waals surface area (Å²) in [6.07, 6.45) is 5.03. The van der Waals surface area contributed by atoms with E-state index < -0.39 is 0 Å². The van der Waals surface area contributed by atoms with Crippen LogP contribution < -0.4 is 0 Å². The smallest absolute Gasteiger partial charge is 0.0598 e. The van der Waals surface area contributed by atoms with Crippen LogP contribution in [0.25, 0.3) is 0 Å². The van der Waals surface area contributed by atoms with E-state index in [0.29, 0.717) is 11.8 Å². The second-order valence-corrected chi connectivity index (χ2v) is 5.69. The molecule has 0 aromatic carbocycles. The van der Waals surface area contributed by atoms with E-state index in [9.17, 15) is 5.11 Å². The fourth-order valence-electron chi connectivity index (χ4n) is 2.22. The molecule has 0 aromatic heterocycles. The zero-order chi connectivity index (χ0) is 10.1. The van der Waals surface area contributed by atoms with Crippen LogP contribution in [0.1, 0.15) is 53.4 Å². The second kappa shape index (κ2) is 4.00. The van der Waals surface area contributed by atoms with Crippen molar-refractivity contribution in [2.24, 2.45) is 17.3 Å². The maximum absolute atomic E-state index is 10.2. The lowest BCUT2D eigenvalue weighted by molar-refractivity contribution is 0.0114. The zero-order valence-electron chi connectivity index (χ0n) is 9.51. The molecule has 0 bridgehead atoms. The number of aliphatic hydroxyl groups excluding tert-OH is 1. The predicted octanol–water partition coefficient (Wildman–Crippen LogP) is 3.22. The summed E-state index contributed by atoms with van der Waals surface area (Å²) in [6.45, 7) is 8.84. The van der Waals surface area contributed by atoms with Gasteiger partial charge in [-0.3, -0.25) is 0 Å². The number of rotatable bonds is 2. The largest absolute Gasteiger partial charge is 0.393 e. The molecule has 1 rings (SSSR count). The maximum Gasteiger partial charge on any atom is 0.0598 e. The lowest BCUT2D eigenvalue weighted by Gasteiger charge is -2.34. The monoisotopic (exact) mass is 184 g/mol. The first-order valence-electron chi connectivity index (χ1n) is 5.61. The molecule has 1 aliphatic rings. The molecule has 1 heteroatoms. The predicted molar refractivity (Wildman–Crippen MR) is 56.6 cm³/mol. The van der Waals surface area contributed by atoms with Gasteiger partial charge in [-0.2, -0.15) is 0 Å². The molecule has 0 aromatic rings. The highest BCUT2D eigenvalue weighted by Crippen LogP contribution is 2.37. The van der Waals surface area contributed by atoms with Crippen LogP contribution in [0.5, 0.6) is 0 Å². The minimum atomic E-state index is -0.0810. The standard InChI is InChI=1S/C12H24O/c1-9(12(2,3)4)11(13)10-7-5-6-8-10/h9-11,13H,5-8H2,1-4H3. The molecule has 0 aliphatic heterocycles. The Bertz CT molecular complexity index is 151. The lowest BCUT2D eigenvalue weighted by Crippen LogP contribution is -2.34. The highest BCUT2D eigenvalue weighted by atomic mass is 16.3. The van der Waals surface area contributed by atoms with Gasteiger partial charge in [0.1, 0.15) is 0 Å². The van der Waals surface area contributed by atoms with Gasteiger partial charge >= 0.3 is 0 Å². The van der Waals surface area contributed by atoms with Crippen molar-refractivity contribution in [1.82, 2.24) is 0 Å². The fourth-order valence-corrected chi connectivity index (χ4v) is 2.22. The molecule has 1 N–H and O–H groups in total. The van der Waals surface area contributed by atoms with Gasteiger partial charge < -0.3 is 5.11 Å². The zero-order valence-corrected chi connectivity index (χ0v) is 9.51. The molecule has 1 nitrogen and oxygen atoms in total. The Morgan fingerprint density at radius 1 is 1.15 bits per heavy atom. The summed E-state index contributed by atoms with van der Waals surface area (Å²) in [5, 5.41) is 10.2.